The van der Waals surface area contributed by atoms with Crippen molar-refractivity contribution in [3.63, 3.8) is 0 Å². The number of urea groups is 2. The third kappa shape index (κ3) is 13.1. The summed E-state index contributed by atoms with van der Waals surface area (Å²) in [6, 6.07) is 35.1. The molecule has 0 aliphatic carbocycles. The number of aromatic nitrogens is 6. The molecule has 0 spiro atoms. The third-order valence-electron chi connectivity index (χ3n) is 15.0. The summed E-state index contributed by atoms with van der Waals surface area (Å²) in [6.45, 7) is 5.87. The highest BCUT2D eigenvalue weighted by Crippen LogP contribution is 2.43. The van der Waals surface area contributed by atoms with E-state index in [0.717, 1.165) is 55.3 Å². The lowest BCUT2D eigenvalue weighted by molar-refractivity contribution is -0.113. The van der Waals surface area contributed by atoms with E-state index in [1.54, 1.807) is 119 Å². The second-order valence-electron chi connectivity index (χ2n) is 21.5. The number of amides is 6. The van der Waals surface area contributed by atoms with Gasteiger partial charge in [-0.3, -0.25) is 29.0 Å². The summed E-state index contributed by atoms with van der Waals surface area (Å²) in [5.74, 6) is -0.0412. The van der Waals surface area contributed by atoms with Crippen molar-refractivity contribution in [2.24, 2.45) is 7.05 Å². The molecule has 0 unspecified atom stereocenters. The Labute approximate surface area is 508 Å². The predicted molar refractivity (Wildman–Crippen MR) is 341 cm³/mol. The van der Waals surface area contributed by atoms with Crippen molar-refractivity contribution in [1.82, 2.24) is 39.5 Å². The summed E-state index contributed by atoms with van der Waals surface area (Å²) in [5.41, 5.74) is 7.36. The van der Waals surface area contributed by atoms with Gasteiger partial charge in [0.15, 0.2) is 5.15 Å². The number of benzene rings is 5. The molecule has 444 valence electrons. The van der Waals surface area contributed by atoms with Gasteiger partial charge >= 0.3 is 12.1 Å². The SMILES string of the molecule is Cc1cc(Nc2ncc3c(n2)N(c2cccc(NC(=O)/C=C/CN(C)C)c2)C(=O)N(c2ccccc2N(C(=O)/C=C/CF)c2cccc(N4C(=O)N(c5ccccc5)CCc5cnc(Nc6cn(C)nc6Cl)nc54)c2)CC3)ccc1N1CCN(C)CC1. The number of piperazine rings is 1. The zero-order valence-corrected chi connectivity index (χ0v) is 49.6. The summed E-state index contributed by atoms with van der Waals surface area (Å²) >= 11 is 6.46. The monoisotopic (exact) mass is 1190 g/mol. The molecular formula is C64H65ClFN17O4. The topological polar surface area (TPSA) is 200 Å². The lowest BCUT2D eigenvalue weighted by Gasteiger charge is -2.35. The van der Waals surface area contributed by atoms with Crippen LogP contribution < -0.4 is 45.3 Å². The van der Waals surface area contributed by atoms with Crippen molar-refractivity contribution in [3.05, 3.63) is 186 Å². The van der Waals surface area contributed by atoms with E-state index in [-0.39, 0.29) is 59.7 Å². The van der Waals surface area contributed by atoms with Crippen LogP contribution in [0.3, 0.4) is 0 Å². The summed E-state index contributed by atoms with van der Waals surface area (Å²) in [4.78, 5) is 93.1. The molecular weight excluding hydrogens is 1130 g/mol. The number of alkyl halides is 1. The normalized spacial score (nSPS) is 14.8. The number of rotatable bonds is 17. The number of hydrogen-bond donors (Lipinski definition) is 3. The molecule has 0 radical (unpaired) electrons. The van der Waals surface area contributed by atoms with Crippen molar-refractivity contribution < 1.29 is 23.6 Å². The number of allylic oxidation sites excluding steroid dienone is 1. The summed E-state index contributed by atoms with van der Waals surface area (Å²) < 4.78 is 15.7. The number of anilines is 14. The number of carbonyl (C=O) groups excluding carboxylic acids is 4. The zero-order valence-electron chi connectivity index (χ0n) is 48.8. The second-order valence-corrected chi connectivity index (χ2v) is 21.8. The average Bonchev–Trinajstić information content (AvgIpc) is 2.28. The Morgan fingerprint density at radius 1 is 0.667 bits per heavy atom. The average molecular weight is 1190 g/mol. The van der Waals surface area contributed by atoms with E-state index in [4.69, 9.17) is 26.6 Å². The van der Waals surface area contributed by atoms with Gasteiger partial charge in [-0.05, 0) is 131 Å². The number of hydrogen-bond acceptors (Lipinski definition) is 14. The van der Waals surface area contributed by atoms with Crippen molar-refractivity contribution in [2.45, 2.75) is 19.8 Å². The van der Waals surface area contributed by atoms with Crippen LogP contribution in [0.25, 0.3) is 0 Å². The molecule has 3 N–H and O–H groups in total. The molecule has 1 saturated heterocycles. The molecule has 21 nitrogen and oxygen atoms in total. The predicted octanol–water partition coefficient (Wildman–Crippen LogP) is 11.1. The smallest absolute Gasteiger partial charge is 0.334 e. The number of para-hydroxylation sites is 3. The van der Waals surface area contributed by atoms with Crippen LogP contribution in [0.2, 0.25) is 5.15 Å². The lowest BCUT2D eigenvalue weighted by Crippen LogP contribution is -2.44. The van der Waals surface area contributed by atoms with Gasteiger partial charge in [0, 0.05) is 117 Å². The van der Waals surface area contributed by atoms with Gasteiger partial charge in [-0.2, -0.15) is 15.1 Å². The number of halogens is 2. The Bertz CT molecular complexity index is 3930. The van der Waals surface area contributed by atoms with Gasteiger partial charge in [0.25, 0.3) is 5.91 Å². The fourth-order valence-corrected chi connectivity index (χ4v) is 11.0. The van der Waals surface area contributed by atoms with E-state index in [0.29, 0.717) is 64.0 Å². The van der Waals surface area contributed by atoms with Crippen LogP contribution in [-0.4, -0.2) is 137 Å². The number of carbonyl (C=O) groups is 4. The van der Waals surface area contributed by atoms with Crippen LogP contribution in [0.15, 0.2) is 164 Å². The minimum Gasteiger partial charge on any atom is -0.369 e. The summed E-state index contributed by atoms with van der Waals surface area (Å²) in [5, 5.41) is 13.9. The van der Waals surface area contributed by atoms with Crippen LogP contribution >= 0.6 is 11.6 Å². The third-order valence-corrected chi connectivity index (χ3v) is 15.3. The van der Waals surface area contributed by atoms with Crippen LogP contribution in [0.1, 0.15) is 16.7 Å². The van der Waals surface area contributed by atoms with Gasteiger partial charge in [0.2, 0.25) is 17.8 Å². The second kappa shape index (κ2) is 26.1. The zero-order chi connectivity index (χ0) is 60.7. The molecule has 3 aliphatic heterocycles. The van der Waals surface area contributed by atoms with Crippen molar-refractivity contribution >= 4 is 116 Å². The molecule has 23 heteroatoms. The number of nitrogens with zero attached hydrogens (tertiary/aromatic N) is 14. The molecule has 11 rings (SSSR count). The van der Waals surface area contributed by atoms with E-state index in [1.165, 1.54) is 20.8 Å². The Kier molecular flexibility index (Phi) is 17.6. The van der Waals surface area contributed by atoms with Gasteiger partial charge in [0.05, 0.1) is 34.1 Å². The van der Waals surface area contributed by atoms with E-state index in [2.05, 4.69) is 61.9 Å². The first-order valence-electron chi connectivity index (χ1n) is 28.4. The molecule has 0 saturated carbocycles. The highest BCUT2D eigenvalue weighted by Gasteiger charge is 2.37. The molecule has 0 bridgehead atoms. The minimum atomic E-state index is -0.931. The molecule has 6 heterocycles. The van der Waals surface area contributed by atoms with Crippen LogP contribution in [0.4, 0.5) is 94.4 Å². The van der Waals surface area contributed by atoms with Gasteiger partial charge in [-0.25, -0.2) is 33.7 Å². The molecule has 0 atom stereocenters. The molecule has 3 aliphatic rings. The maximum Gasteiger partial charge on any atom is 0.334 e. The van der Waals surface area contributed by atoms with Crippen LogP contribution in [0.5, 0.6) is 0 Å². The molecule has 1 fully saturated rings. The molecule has 5 aromatic carbocycles. The number of likely N-dealkylation sites (N-methyl/N-ethyl adjacent to an activating group) is 2. The van der Waals surface area contributed by atoms with E-state index in [1.807, 2.05) is 55.4 Å². The Morgan fingerprint density at radius 2 is 1.31 bits per heavy atom. The largest absolute Gasteiger partial charge is 0.369 e. The van der Waals surface area contributed by atoms with Crippen molar-refractivity contribution in [3.8, 4) is 0 Å². The minimum absolute atomic E-state index is 0.0899. The molecule has 3 aromatic heterocycles. The molecule has 87 heavy (non-hydrogen) atoms. The van der Waals surface area contributed by atoms with E-state index < -0.39 is 24.6 Å². The van der Waals surface area contributed by atoms with Crippen molar-refractivity contribution in [1.29, 1.82) is 0 Å². The number of aryl methyl sites for hydroxylation is 2. The number of nitrogens with one attached hydrogen (secondary N) is 3. The molecule has 6 amide bonds. The highest BCUT2D eigenvalue weighted by atomic mass is 35.5. The first-order valence-corrected chi connectivity index (χ1v) is 28.8. The lowest BCUT2D eigenvalue weighted by atomic mass is 10.1. The fraction of sp³-hybridized carbons (Fsp3) is 0.234. The quantitative estimate of drug-likeness (QED) is 0.0727. The van der Waals surface area contributed by atoms with Crippen LogP contribution in [0, 0.1) is 6.92 Å². The Morgan fingerprint density at radius 3 is 1.99 bits per heavy atom. The van der Waals surface area contributed by atoms with E-state index in [9.17, 15) is 14.0 Å². The first-order chi connectivity index (χ1) is 42.2. The van der Waals surface area contributed by atoms with Crippen molar-refractivity contribution in [2.75, 3.05) is 119 Å². The summed E-state index contributed by atoms with van der Waals surface area (Å²) in [7, 11) is 7.68. The highest BCUT2D eigenvalue weighted by molar-refractivity contribution is 6.32. The standard InChI is InChI=1S/C64H65ClFN17O4/c1-43-37-47(25-26-53(43)78-35-33-76(4)34-36-78)70-61-67-40-45-28-32-80(64(87)82(59(45)72-61)49-18-11-15-46(38-49)69-56(84)23-14-30-75(2)3)54-21-9-10-22-55(54)81(57(85)24-13-29-66)50-19-12-20-51(39-50)83-60-44(27-31-79(63(83)86)48-16-7-6-8-17-48)41-68-62(73-60)71-52-42-77(5)74-58(52)65/h6-26,37-42H,27-36H2,1-5H3,(H,69,84)(H,67,70,72)(H,68,71,73)/b23-14+,24-13+. The fourth-order valence-electron chi connectivity index (χ4n) is 10.7. The summed E-state index contributed by atoms with van der Waals surface area (Å²) in [6.07, 6.45) is 11.2. The Balaban J connectivity index is 0.989. The van der Waals surface area contributed by atoms with Gasteiger partial charge < -0.3 is 30.7 Å². The van der Waals surface area contributed by atoms with Gasteiger partial charge in [-0.1, -0.05) is 60.1 Å². The number of fused-ring (bicyclic) bond motifs is 2. The van der Waals surface area contributed by atoms with Gasteiger partial charge in [-0.15, -0.1) is 0 Å². The maximum atomic E-state index is 16.0. The maximum absolute atomic E-state index is 16.0. The van der Waals surface area contributed by atoms with E-state index >= 15 is 9.59 Å². The Hall–Kier alpha value is -10.0. The van der Waals surface area contributed by atoms with Crippen LogP contribution in [-0.2, 0) is 29.5 Å². The first kappa shape index (κ1) is 58.7. The van der Waals surface area contributed by atoms with Gasteiger partial charge in [0.1, 0.15) is 18.3 Å². The molecule has 8 aromatic rings.